The second kappa shape index (κ2) is 7.16. The van der Waals surface area contributed by atoms with Crippen LogP contribution in [0.4, 0.5) is 0 Å². The maximum atomic E-state index is 9.28. The van der Waals surface area contributed by atoms with E-state index in [9.17, 15) is 5.26 Å². The van der Waals surface area contributed by atoms with E-state index in [1.54, 1.807) is 0 Å². The molecule has 2 heterocycles. The molecule has 0 unspecified atom stereocenters. The van der Waals surface area contributed by atoms with Crippen molar-refractivity contribution in [2.45, 2.75) is 26.2 Å². The molecule has 0 bridgehead atoms. The van der Waals surface area contributed by atoms with Gasteiger partial charge in [0.1, 0.15) is 0 Å². The van der Waals surface area contributed by atoms with Crippen molar-refractivity contribution in [3.8, 4) is 17.2 Å². The van der Waals surface area contributed by atoms with Crippen LogP contribution in [0.5, 0.6) is 0 Å². The molecule has 0 saturated carbocycles. The summed E-state index contributed by atoms with van der Waals surface area (Å²) in [4.78, 5) is 4.56. The maximum Gasteiger partial charge on any atom is 0.0998 e. The van der Waals surface area contributed by atoms with Gasteiger partial charge in [0.2, 0.25) is 0 Å². The quantitative estimate of drug-likeness (QED) is 0.757. The predicted molar refractivity (Wildman–Crippen MR) is 105 cm³/mol. The van der Waals surface area contributed by atoms with E-state index < -0.39 is 0 Å². The Kier molecular flexibility index (Phi) is 4.55. The van der Waals surface area contributed by atoms with Crippen LogP contribution < -0.4 is 0 Å². The van der Waals surface area contributed by atoms with E-state index in [0.29, 0.717) is 17.4 Å². The zero-order chi connectivity index (χ0) is 18.8. The van der Waals surface area contributed by atoms with E-state index in [2.05, 4.69) is 52.5 Å². The summed E-state index contributed by atoms with van der Waals surface area (Å²) in [6, 6.07) is 13.8. The van der Waals surface area contributed by atoms with Gasteiger partial charge in [0, 0.05) is 23.2 Å². The van der Waals surface area contributed by atoms with Gasteiger partial charge >= 0.3 is 0 Å². The molecule has 27 heavy (non-hydrogen) atoms. The highest BCUT2D eigenvalue weighted by Crippen LogP contribution is 2.38. The second-order valence-electron chi connectivity index (χ2n) is 7.21. The van der Waals surface area contributed by atoms with Gasteiger partial charge < -0.3 is 0 Å². The third kappa shape index (κ3) is 3.26. The highest BCUT2D eigenvalue weighted by molar-refractivity contribution is 5.70. The summed E-state index contributed by atoms with van der Waals surface area (Å²) in [5.74, 6) is 1.30. The Morgan fingerprint density at radius 2 is 2.00 bits per heavy atom. The number of fused-ring (bicyclic) bond motifs is 1. The maximum absolute atomic E-state index is 9.28. The Hall–Kier alpha value is -3.26. The number of allylic oxidation sites excluding steroid dienone is 1. The van der Waals surface area contributed by atoms with Gasteiger partial charge in [-0.3, -0.25) is 4.98 Å². The summed E-state index contributed by atoms with van der Waals surface area (Å²) in [7, 11) is 0. The fraction of sp³-hybridized carbons (Fsp3) is 0.273. The normalized spacial score (nSPS) is 21.7. The molecule has 0 spiro atoms. The number of hydrogen-bond acceptors (Lipinski definition) is 4. The van der Waals surface area contributed by atoms with Gasteiger partial charge in [-0.25, -0.2) is 0 Å². The minimum Gasteiger partial charge on any atom is -0.256 e. The first kappa shape index (κ1) is 17.2. The molecule has 1 N–H and O–H groups in total. The number of nitrogens with zero attached hydrogens (tertiary/aromatic N) is 4. The minimum absolute atomic E-state index is 0.239. The Bertz CT molecular complexity index is 1010. The van der Waals surface area contributed by atoms with Gasteiger partial charge in [0.25, 0.3) is 0 Å². The minimum atomic E-state index is 0.239. The molecule has 1 aliphatic carbocycles. The summed E-state index contributed by atoms with van der Waals surface area (Å²) >= 11 is 0. The number of aromatic nitrogens is 4. The standard InChI is InChI=1S/C22H21N5/c1-14-11-21-22(26-27-25-21)19(15(14)2)10-9-18-8-7-17(13-24-18)20-6-4-3-5-16(20)12-23/h3-10,13-15,19H,11H2,1-2H3,(H,25,26,27)/b10-9+/t14-,15+,19-/m0/s1. The Balaban J connectivity index is 1.58. The average molecular weight is 355 g/mol. The molecule has 3 aromatic rings. The molecule has 0 amide bonds. The molecule has 0 saturated heterocycles. The third-order valence-corrected chi connectivity index (χ3v) is 5.57. The molecule has 2 aromatic heterocycles. The lowest BCUT2D eigenvalue weighted by Gasteiger charge is -2.30. The van der Waals surface area contributed by atoms with E-state index in [1.807, 2.05) is 42.6 Å². The largest absolute Gasteiger partial charge is 0.256 e. The van der Waals surface area contributed by atoms with Crippen LogP contribution in [0.1, 0.15) is 42.4 Å². The number of nitriles is 1. The number of rotatable bonds is 3. The topological polar surface area (TPSA) is 78.2 Å². The SMILES string of the molecule is C[C@H]1[C@H](/C=C/c2ccc(-c3ccccc3C#N)cn2)c2n[nH]nc2C[C@@H]1C. The van der Waals surface area contributed by atoms with Crippen LogP contribution in [-0.4, -0.2) is 20.4 Å². The lowest BCUT2D eigenvalue weighted by Crippen LogP contribution is -2.24. The fourth-order valence-electron chi connectivity index (χ4n) is 3.74. The summed E-state index contributed by atoms with van der Waals surface area (Å²) in [5, 5.41) is 20.7. The molecule has 0 radical (unpaired) electrons. The third-order valence-electron chi connectivity index (χ3n) is 5.57. The molecule has 1 aromatic carbocycles. The van der Waals surface area contributed by atoms with Crippen molar-refractivity contribution in [1.82, 2.24) is 20.4 Å². The molecule has 0 fully saturated rings. The zero-order valence-corrected chi connectivity index (χ0v) is 15.4. The highest BCUT2D eigenvalue weighted by atomic mass is 15.3. The van der Waals surface area contributed by atoms with Crippen molar-refractivity contribution in [3.63, 3.8) is 0 Å². The van der Waals surface area contributed by atoms with Crippen molar-refractivity contribution in [2.75, 3.05) is 0 Å². The van der Waals surface area contributed by atoms with Crippen molar-refractivity contribution < 1.29 is 0 Å². The molecule has 3 atom stereocenters. The lowest BCUT2D eigenvalue weighted by molar-refractivity contribution is 0.326. The van der Waals surface area contributed by atoms with Gasteiger partial charge in [0.05, 0.1) is 28.7 Å². The van der Waals surface area contributed by atoms with Crippen LogP contribution in [0.25, 0.3) is 17.2 Å². The lowest BCUT2D eigenvalue weighted by atomic mass is 9.74. The molecule has 134 valence electrons. The number of aromatic amines is 1. The first-order valence-electron chi connectivity index (χ1n) is 9.20. The van der Waals surface area contributed by atoms with Crippen LogP contribution >= 0.6 is 0 Å². The molecule has 0 aliphatic heterocycles. The fourth-order valence-corrected chi connectivity index (χ4v) is 3.74. The first-order chi connectivity index (χ1) is 13.2. The van der Waals surface area contributed by atoms with Crippen LogP contribution in [-0.2, 0) is 6.42 Å². The van der Waals surface area contributed by atoms with E-state index in [-0.39, 0.29) is 5.92 Å². The molecule has 5 nitrogen and oxygen atoms in total. The Morgan fingerprint density at radius 3 is 2.78 bits per heavy atom. The second-order valence-corrected chi connectivity index (χ2v) is 7.21. The van der Waals surface area contributed by atoms with Gasteiger partial charge in [-0.05, 0) is 36.5 Å². The Morgan fingerprint density at radius 1 is 1.15 bits per heavy atom. The van der Waals surface area contributed by atoms with Gasteiger partial charge in [0.15, 0.2) is 0 Å². The number of H-pyrrole nitrogens is 1. The van der Waals surface area contributed by atoms with Gasteiger partial charge in [-0.2, -0.15) is 20.7 Å². The number of benzene rings is 1. The van der Waals surface area contributed by atoms with Gasteiger partial charge in [-0.15, -0.1) is 0 Å². The van der Waals surface area contributed by atoms with E-state index in [4.69, 9.17) is 0 Å². The van der Waals surface area contributed by atoms with Crippen molar-refractivity contribution in [1.29, 1.82) is 5.26 Å². The molecule has 4 rings (SSSR count). The predicted octanol–water partition coefficient (Wildman–Crippen LogP) is 4.36. The summed E-state index contributed by atoms with van der Waals surface area (Å²) in [5.41, 5.74) is 5.53. The van der Waals surface area contributed by atoms with Crippen LogP contribution in [0.15, 0.2) is 48.7 Å². The van der Waals surface area contributed by atoms with Crippen LogP contribution in [0, 0.1) is 23.2 Å². The van der Waals surface area contributed by atoms with Crippen molar-refractivity contribution >= 4 is 6.08 Å². The average Bonchev–Trinajstić information content (AvgIpc) is 3.16. The van der Waals surface area contributed by atoms with Crippen molar-refractivity contribution in [3.05, 3.63) is 71.3 Å². The van der Waals surface area contributed by atoms with E-state index >= 15 is 0 Å². The zero-order valence-electron chi connectivity index (χ0n) is 15.4. The molecular formula is C22H21N5. The van der Waals surface area contributed by atoms with Crippen molar-refractivity contribution in [2.24, 2.45) is 11.8 Å². The summed E-state index contributed by atoms with van der Waals surface area (Å²) in [6.45, 7) is 4.54. The molecule has 5 heteroatoms. The van der Waals surface area contributed by atoms with Crippen LogP contribution in [0.3, 0.4) is 0 Å². The first-order valence-corrected chi connectivity index (χ1v) is 9.20. The number of hydrogen-bond donors (Lipinski definition) is 1. The smallest absolute Gasteiger partial charge is 0.0998 e. The summed E-state index contributed by atoms with van der Waals surface area (Å²) in [6.07, 6.45) is 7.04. The Labute approximate surface area is 158 Å². The van der Waals surface area contributed by atoms with Crippen LogP contribution in [0.2, 0.25) is 0 Å². The molecule has 1 aliphatic rings. The van der Waals surface area contributed by atoms with E-state index in [1.165, 1.54) is 0 Å². The summed E-state index contributed by atoms with van der Waals surface area (Å²) < 4.78 is 0. The van der Waals surface area contributed by atoms with Gasteiger partial charge in [-0.1, -0.05) is 44.2 Å². The monoisotopic (exact) mass is 355 g/mol. The number of nitrogens with one attached hydrogen (secondary N) is 1. The number of pyridine rings is 1. The highest BCUT2D eigenvalue weighted by Gasteiger charge is 2.32. The van der Waals surface area contributed by atoms with E-state index in [0.717, 1.165) is 34.6 Å². The molecular weight excluding hydrogens is 334 g/mol.